The Bertz CT molecular complexity index is 1330. The summed E-state index contributed by atoms with van der Waals surface area (Å²) in [7, 11) is 2.99. The van der Waals surface area contributed by atoms with Gasteiger partial charge in [0, 0.05) is 17.7 Å². The molecule has 0 unspecified atom stereocenters. The Morgan fingerprint density at radius 3 is 2.74 bits per heavy atom. The molecule has 0 bridgehead atoms. The van der Waals surface area contributed by atoms with E-state index in [1.807, 2.05) is 6.07 Å². The Morgan fingerprint density at radius 1 is 1.13 bits per heavy atom. The first-order valence-corrected chi connectivity index (χ1v) is 9.95. The second-order valence-corrected chi connectivity index (χ2v) is 7.49. The molecule has 1 N–H and O–H groups in total. The number of amides is 1. The molecular formula is C21H17FN4O4S. The molecule has 2 aromatic carbocycles. The molecule has 158 valence electrons. The number of fused-ring (bicyclic) bond motifs is 1. The number of hydrogen-bond donors (Lipinski definition) is 1. The Morgan fingerprint density at radius 2 is 1.97 bits per heavy atom. The summed E-state index contributed by atoms with van der Waals surface area (Å²) in [6.45, 7) is -0.310. The van der Waals surface area contributed by atoms with Crippen LogP contribution in [-0.2, 0) is 11.3 Å². The number of carbonyl (C=O) groups is 1. The number of nitrogens with zero attached hydrogens (tertiary/aromatic N) is 3. The van der Waals surface area contributed by atoms with Gasteiger partial charge < -0.3 is 14.8 Å². The Labute approximate surface area is 179 Å². The van der Waals surface area contributed by atoms with E-state index in [4.69, 9.17) is 9.47 Å². The van der Waals surface area contributed by atoms with Crippen LogP contribution in [0, 0.1) is 5.82 Å². The second kappa shape index (κ2) is 8.52. The zero-order valence-electron chi connectivity index (χ0n) is 16.6. The predicted molar refractivity (Wildman–Crippen MR) is 115 cm³/mol. The van der Waals surface area contributed by atoms with Crippen molar-refractivity contribution in [2.45, 2.75) is 6.54 Å². The van der Waals surface area contributed by atoms with Gasteiger partial charge in [0.15, 0.2) is 5.13 Å². The molecule has 4 aromatic rings. The van der Waals surface area contributed by atoms with Gasteiger partial charge in [-0.1, -0.05) is 11.3 Å². The number of thiazole rings is 1. The van der Waals surface area contributed by atoms with Crippen molar-refractivity contribution in [3.8, 4) is 22.8 Å². The molecule has 10 heteroatoms. The summed E-state index contributed by atoms with van der Waals surface area (Å²) < 4.78 is 25.7. The SMILES string of the molecule is COc1ccc2nc(NC(=O)Cn3nc(-c4ccc(F)cc4OC)ccc3=O)sc2c1. The van der Waals surface area contributed by atoms with E-state index in [1.165, 1.54) is 48.8 Å². The lowest BCUT2D eigenvalue weighted by molar-refractivity contribution is -0.117. The van der Waals surface area contributed by atoms with Crippen molar-refractivity contribution in [3.63, 3.8) is 0 Å². The molecule has 0 saturated heterocycles. The van der Waals surface area contributed by atoms with Crippen molar-refractivity contribution < 1.29 is 18.7 Å². The maximum absolute atomic E-state index is 13.5. The van der Waals surface area contributed by atoms with Gasteiger partial charge in [0.05, 0.1) is 30.1 Å². The van der Waals surface area contributed by atoms with Crippen molar-refractivity contribution in [2.75, 3.05) is 19.5 Å². The summed E-state index contributed by atoms with van der Waals surface area (Å²) in [5.74, 6) is 0.0514. The predicted octanol–water partition coefficient (Wildman–Crippen LogP) is 3.32. The molecule has 0 spiro atoms. The first-order valence-electron chi connectivity index (χ1n) is 9.13. The number of nitrogens with one attached hydrogen (secondary N) is 1. The molecule has 2 aromatic heterocycles. The average molecular weight is 440 g/mol. The van der Waals surface area contributed by atoms with Crippen molar-refractivity contribution in [2.24, 2.45) is 0 Å². The summed E-state index contributed by atoms with van der Waals surface area (Å²) in [5.41, 5.74) is 1.14. The lowest BCUT2D eigenvalue weighted by Gasteiger charge is -2.10. The highest BCUT2D eigenvalue weighted by atomic mass is 32.1. The third-order valence-corrected chi connectivity index (χ3v) is 5.38. The number of halogens is 1. The van der Waals surface area contributed by atoms with Gasteiger partial charge in [-0.15, -0.1) is 0 Å². The number of rotatable bonds is 6. The average Bonchev–Trinajstić information content (AvgIpc) is 3.16. The number of hydrogen-bond acceptors (Lipinski definition) is 7. The molecule has 0 aliphatic heterocycles. The molecule has 0 aliphatic rings. The van der Waals surface area contributed by atoms with Crippen LogP contribution >= 0.6 is 11.3 Å². The number of carbonyl (C=O) groups excluding carboxylic acids is 1. The minimum Gasteiger partial charge on any atom is -0.497 e. The lowest BCUT2D eigenvalue weighted by Crippen LogP contribution is -2.29. The number of aromatic nitrogens is 3. The Hall–Kier alpha value is -3.79. The second-order valence-electron chi connectivity index (χ2n) is 6.46. The number of anilines is 1. The monoisotopic (exact) mass is 440 g/mol. The molecule has 0 atom stereocenters. The topological polar surface area (TPSA) is 95.3 Å². The largest absolute Gasteiger partial charge is 0.497 e. The van der Waals surface area contributed by atoms with Crippen LogP contribution < -0.4 is 20.3 Å². The fourth-order valence-corrected chi connectivity index (χ4v) is 3.87. The van der Waals surface area contributed by atoms with Crippen LogP contribution in [-0.4, -0.2) is 34.9 Å². The summed E-state index contributed by atoms with van der Waals surface area (Å²) in [4.78, 5) is 29.1. The van der Waals surface area contributed by atoms with Crippen molar-refractivity contribution in [1.29, 1.82) is 0 Å². The van der Waals surface area contributed by atoms with Gasteiger partial charge in [-0.2, -0.15) is 5.10 Å². The Balaban J connectivity index is 1.56. The molecule has 1 amide bonds. The van der Waals surface area contributed by atoms with Crippen LogP contribution in [0.5, 0.6) is 11.5 Å². The molecule has 8 nitrogen and oxygen atoms in total. The molecule has 0 fully saturated rings. The van der Waals surface area contributed by atoms with E-state index in [9.17, 15) is 14.0 Å². The van der Waals surface area contributed by atoms with Gasteiger partial charge in [0.2, 0.25) is 5.91 Å². The minimum absolute atomic E-state index is 0.270. The van der Waals surface area contributed by atoms with E-state index in [1.54, 1.807) is 19.2 Å². The normalized spacial score (nSPS) is 10.8. The van der Waals surface area contributed by atoms with Crippen LogP contribution in [0.15, 0.2) is 53.3 Å². The molecule has 0 saturated carbocycles. The van der Waals surface area contributed by atoms with Gasteiger partial charge in [0.25, 0.3) is 5.56 Å². The minimum atomic E-state index is -0.457. The summed E-state index contributed by atoms with van der Waals surface area (Å²) in [6.07, 6.45) is 0. The molecule has 4 rings (SSSR count). The summed E-state index contributed by atoms with van der Waals surface area (Å²) in [5, 5.41) is 7.32. The number of ether oxygens (including phenoxy) is 2. The zero-order valence-corrected chi connectivity index (χ0v) is 17.4. The molecule has 31 heavy (non-hydrogen) atoms. The van der Waals surface area contributed by atoms with E-state index in [0.717, 1.165) is 14.9 Å². The lowest BCUT2D eigenvalue weighted by atomic mass is 10.1. The van der Waals surface area contributed by atoms with Gasteiger partial charge in [-0.3, -0.25) is 9.59 Å². The summed E-state index contributed by atoms with van der Waals surface area (Å²) in [6, 6.07) is 12.2. The highest BCUT2D eigenvalue weighted by molar-refractivity contribution is 7.22. The fourth-order valence-electron chi connectivity index (χ4n) is 2.96. The summed E-state index contributed by atoms with van der Waals surface area (Å²) >= 11 is 1.29. The van der Waals surface area contributed by atoms with E-state index >= 15 is 0 Å². The highest BCUT2D eigenvalue weighted by Gasteiger charge is 2.14. The third-order valence-electron chi connectivity index (χ3n) is 4.44. The Kier molecular flexibility index (Phi) is 5.63. The third kappa shape index (κ3) is 4.38. The van der Waals surface area contributed by atoms with E-state index in [-0.39, 0.29) is 12.3 Å². The molecule has 0 radical (unpaired) electrons. The van der Waals surface area contributed by atoms with Gasteiger partial charge in [-0.25, -0.2) is 14.1 Å². The van der Waals surface area contributed by atoms with Crippen LogP contribution in [0.4, 0.5) is 9.52 Å². The molecule has 0 aliphatic carbocycles. The van der Waals surface area contributed by atoms with Crippen molar-refractivity contribution in [1.82, 2.24) is 14.8 Å². The van der Waals surface area contributed by atoms with Crippen LogP contribution in [0.2, 0.25) is 0 Å². The quantitative estimate of drug-likeness (QED) is 0.494. The molecular weight excluding hydrogens is 423 g/mol. The van der Waals surface area contributed by atoms with Crippen LogP contribution in [0.3, 0.4) is 0 Å². The first kappa shape index (κ1) is 20.5. The number of benzene rings is 2. The zero-order chi connectivity index (χ0) is 22.0. The van der Waals surface area contributed by atoms with E-state index in [2.05, 4.69) is 15.4 Å². The fraction of sp³-hybridized carbons (Fsp3) is 0.143. The number of methoxy groups -OCH3 is 2. The van der Waals surface area contributed by atoms with Gasteiger partial charge in [0.1, 0.15) is 23.9 Å². The standard InChI is InChI=1S/C21H17FN4O4S/c1-29-13-4-6-16-18(10-13)31-21(23-16)24-19(27)11-26-20(28)8-7-15(25-26)14-5-3-12(22)9-17(14)30-2/h3-10H,11H2,1-2H3,(H,23,24,27). The molecule has 2 heterocycles. The maximum Gasteiger partial charge on any atom is 0.267 e. The van der Waals surface area contributed by atoms with Crippen molar-refractivity contribution >= 4 is 32.6 Å². The van der Waals surface area contributed by atoms with Gasteiger partial charge in [-0.05, 0) is 36.4 Å². The van der Waals surface area contributed by atoms with Crippen LogP contribution in [0.25, 0.3) is 21.5 Å². The van der Waals surface area contributed by atoms with Gasteiger partial charge >= 0.3 is 0 Å². The maximum atomic E-state index is 13.5. The highest BCUT2D eigenvalue weighted by Crippen LogP contribution is 2.30. The van der Waals surface area contributed by atoms with Crippen molar-refractivity contribution in [3.05, 3.63) is 64.7 Å². The smallest absolute Gasteiger partial charge is 0.267 e. The van der Waals surface area contributed by atoms with E-state index in [0.29, 0.717) is 22.1 Å². The van der Waals surface area contributed by atoms with E-state index < -0.39 is 17.3 Å². The first-order chi connectivity index (χ1) is 15.0. The van der Waals surface area contributed by atoms with Crippen LogP contribution in [0.1, 0.15) is 0 Å².